The lowest BCUT2D eigenvalue weighted by Gasteiger charge is -2.28. The van der Waals surface area contributed by atoms with E-state index in [4.69, 9.17) is 16.3 Å². The number of carbonyl (C=O) groups excluding carboxylic acids is 2. The third kappa shape index (κ3) is 4.20. The fraction of sp³-hybridized carbons (Fsp3) is 0.500. The molecule has 0 spiro atoms. The van der Waals surface area contributed by atoms with Crippen LogP contribution in [0.4, 0.5) is 4.79 Å². The van der Waals surface area contributed by atoms with E-state index in [1.54, 1.807) is 46.8 Å². The Morgan fingerprint density at radius 2 is 1.95 bits per heavy atom. The lowest BCUT2D eigenvalue weighted by Crippen LogP contribution is -2.47. The van der Waals surface area contributed by atoms with Crippen molar-refractivity contribution in [2.45, 2.75) is 45.8 Å². The molecule has 1 unspecified atom stereocenters. The van der Waals surface area contributed by atoms with Gasteiger partial charge in [0.15, 0.2) is 0 Å². The largest absolute Gasteiger partial charge is 0.444 e. The van der Waals surface area contributed by atoms with E-state index in [9.17, 15) is 9.59 Å². The van der Waals surface area contributed by atoms with Gasteiger partial charge in [0.2, 0.25) is 0 Å². The molecule has 6 heteroatoms. The van der Waals surface area contributed by atoms with Gasteiger partial charge in [-0.2, -0.15) is 0 Å². The van der Waals surface area contributed by atoms with Crippen LogP contribution < -0.4 is 5.32 Å². The number of aromatic nitrogens is 1. The maximum atomic E-state index is 11.8. The lowest BCUT2D eigenvalue weighted by atomic mass is 9.95. The summed E-state index contributed by atoms with van der Waals surface area (Å²) in [6.07, 6.45) is -0.0847. The van der Waals surface area contributed by atoms with E-state index in [0.29, 0.717) is 11.8 Å². The first kappa shape index (κ1) is 16.4. The minimum atomic E-state index is -1.29. The average molecular weight is 299 g/mol. The predicted molar refractivity (Wildman–Crippen MR) is 76.8 cm³/mol. The minimum Gasteiger partial charge on any atom is -0.444 e. The second-order valence-corrected chi connectivity index (χ2v) is 6.10. The molecule has 1 rings (SSSR count). The molecular formula is C14H19ClN2O3. The minimum absolute atomic E-state index is 0.177. The Hall–Kier alpha value is -1.62. The highest BCUT2D eigenvalue weighted by Crippen LogP contribution is 2.26. The summed E-state index contributed by atoms with van der Waals surface area (Å²) in [4.78, 5) is 27.3. The number of alkyl carbamates (subject to hydrolysis) is 1. The molecule has 0 fully saturated rings. The van der Waals surface area contributed by atoms with Crippen LogP contribution in [0, 0.1) is 6.92 Å². The van der Waals surface area contributed by atoms with Crippen molar-refractivity contribution in [3.63, 3.8) is 0 Å². The van der Waals surface area contributed by atoms with Crippen molar-refractivity contribution in [1.29, 1.82) is 0 Å². The second kappa shape index (κ2) is 5.79. The molecule has 0 aliphatic carbocycles. The van der Waals surface area contributed by atoms with Gasteiger partial charge in [0.1, 0.15) is 22.6 Å². The Bertz CT molecular complexity index is 526. The quantitative estimate of drug-likeness (QED) is 0.688. The van der Waals surface area contributed by atoms with Crippen LogP contribution in [0.3, 0.4) is 0 Å². The molecule has 0 saturated heterocycles. The summed E-state index contributed by atoms with van der Waals surface area (Å²) in [6, 6.07) is 3.39. The molecule has 1 amide bonds. The zero-order valence-corrected chi connectivity index (χ0v) is 13.0. The van der Waals surface area contributed by atoms with Crippen molar-refractivity contribution < 1.29 is 14.3 Å². The molecule has 5 nitrogen and oxygen atoms in total. The van der Waals surface area contributed by atoms with Crippen LogP contribution in [0.1, 0.15) is 39.0 Å². The number of nitrogens with zero attached hydrogens (tertiary/aromatic N) is 1. The molecule has 1 N–H and O–H groups in total. The van der Waals surface area contributed by atoms with Crippen LogP contribution in [-0.4, -0.2) is 23.0 Å². The number of carbonyl (C=O) groups is 2. The number of rotatable bonds is 3. The summed E-state index contributed by atoms with van der Waals surface area (Å²) in [5, 5.41) is 2.70. The van der Waals surface area contributed by atoms with Crippen molar-refractivity contribution in [3.8, 4) is 0 Å². The van der Waals surface area contributed by atoms with Crippen LogP contribution >= 0.6 is 11.6 Å². The first-order valence-corrected chi connectivity index (χ1v) is 6.56. The van der Waals surface area contributed by atoms with E-state index in [-0.39, 0.29) is 5.15 Å². The molecule has 20 heavy (non-hydrogen) atoms. The molecule has 0 bridgehead atoms. The van der Waals surface area contributed by atoms with Crippen molar-refractivity contribution in [2.24, 2.45) is 0 Å². The molecule has 0 aromatic carbocycles. The maximum Gasteiger partial charge on any atom is 0.408 e. The van der Waals surface area contributed by atoms with E-state index < -0.39 is 17.2 Å². The van der Waals surface area contributed by atoms with Crippen molar-refractivity contribution in [3.05, 3.63) is 28.5 Å². The molecule has 0 radical (unpaired) electrons. The van der Waals surface area contributed by atoms with Crippen LogP contribution in [0.15, 0.2) is 12.1 Å². The molecule has 1 aromatic rings. The number of halogens is 1. The SMILES string of the molecule is Cc1ccc(C(C)(C=O)NC(=O)OC(C)(C)C)c(Cl)n1. The van der Waals surface area contributed by atoms with Gasteiger partial charge in [0.25, 0.3) is 0 Å². The number of nitrogens with one attached hydrogen (secondary N) is 1. The highest BCUT2D eigenvalue weighted by Gasteiger charge is 2.32. The van der Waals surface area contributed by atoms with E-state index in [1.165, 1.54) is 0 Å². The van der Waals surface area contributed by atoms with E-state index in [0.717, 1.165) is 5.69 Å². The number of pyridine rings is 1. The number of amides is 1. The van der Waals surface area contributed by atoms with Crippen molar-refractivity contribution in [1.82, 2.24) is 10.3 Å². The lowest BCUT2D eigenvalue weighted by molar-refractivity contribution is -0.113. The molecule has 1 atom stereocenters. The standard InChI is InChI=1S/C14H19ClN2O3/c1-9-6-7-10(11(15)16-9)14(5,8-18)17-12(19)20-13(2,3)4/h6-8H,1-5H3,(H,17,19). The summed E-state index contributed by atoms with van der Waals surface area (Å²) < 4.78 is 5.15. The average Bonchev–Trinajstić information content (AvgIpc) is 2.25. The summed E-state index contributed by atoms with van der Waals surface area (Å²) in [5.74, 6) is 0. The first-order valence-electron chi connectivity index (χ1n) is 6.18. The monoisotopic (exact) mass is 298 g/mol. The summed E-state index contributed by atoms with van der Waals surface area (Å²) in [6.45, 7) is 8.55. The summed E-state index contributed by atoms with van der Waals surface area (Å²) >= 11 is 6.05. The molecular weight excluding hydrogens is 280 g/mol. The number of hydrogen-bond acceptors (Lipinski definition) is 4. The first-order chi connectivity index (χ1) is 9.07. The second-order valence-electron chi connectivity index (χ2n) is 5.74. The molecule has 1 aromatic heterocycles. The number of ether oxygens (including phenoxy) is 1. The zero-order valence-electron chi connectivity index (χ0n) is 12.3. The van der Waals surface area contributed by atoms with Gasteiger partial charge in [-0.1, -0.05) is 17.7 Å². The van der Waals surface area contributed by atoms with Gasteiger partial charge in [0, 0.05) is 11.3 Å². The van der Waals surface area contributed by atoms with Gasteiger partial charge in [-0.25, -0.2) is 9.78 Å². The van der Waals surface area contributed by atoms with Gasteiger partial charge in [-0.05, 0) is 40.7 Å². The molecule has 1 heterocycles. The van der Waals surface area contributed by atoms with Crippen molar-refractivity contribution in [2.75, 3.05) is 0 Å². The highest BCUT2D eigenvalue weighted by molar-refractivity contribution is 6.30. The van der Waals surface area contributed by atoms with Gasteiger partial charge in [-0.15, -0.1) is 0 Å². The van der Waals surface area contributed by atoms with Gasteiger partial charge >= 0.3 is 6.09 Å². The Balaban J connectivity index is 3.03. The van der Waals surface area contributed by atoms with Gasteiger partial charge in [-0.3, -0.25) is 0 Å². The Morgan fingerprint density at radius 3 is 2.40 bits per heavy atom. The fourth-order valence-electron chi connectivity index (χ4n) is 1.59. The molecule has 0 aliphatic rings. The third-order valence-corrected chi connectivity index (χ3v) is 2.83. The summed E-state index contributed by atoms with van der Waals surface area (Å²) in [5.41, 5.74) is -0.793. The van der Waals surface area contributed by atoms with E-state index in [2.05, 4.69) is 10.3 Å². The highest BCUT2D eigenvalue weighted by atomic mass is 35.5. The third-order valence-electron chi connectivity index (χ3n) is 2.54. The molecule has 0 saturated carbocycles. The van der Waals surface area contributed by atoms with Crippen LogP contribution in [0.25, 0.3) is 0 Å². The predicted octanol–water partition coefficient (Wildman–Crippen LogP) is 2.98. The van der Waals surface area contributed by atoms with Gasteiger partial charge < -0.3 is 14.8 Å². The van der Waals surface area contributed by atoms with Gasteiger partial charge in [0.05, 0.1) is 0 Å². The number of aldehydes is 1. The normalized spacial score (nSPS) is 14.3. The maximum absolute atomic E-state index is 11.8. The Morgan fingerprint density at radius 1 is 1.35 bits per heavy atom. The van der Waals surface area contributed by atoms with Crippen LogP contribution in [0.2, 0.25) is 5.15 Å². The van der Waals surface area contributed by atoms with Crippen LogP contribution in [-0.2, 0) is 15.1 Å². The topological polar surface area (TPSA) is 68.3 Å². The number of hydrogen-bond donors (Lipinski definition) is 1. The van der Waals surface area contributed by atoms with Crippen molar-refractivity contribution >= 4 is 24.0 Å². The Kier molecular flexibility index (Phi) is 4.76. The molecule has 110 valence electrons. The Labute approximate surface area is 123 Å². The fourth-order valence-corrected chi connectivity index (χ4v) is 1.98. The number of aryl methyl sites for hydroxylation is 1. The smallest absolute Gasteiger partial charge is 0.408 e. The van der Waals surface area contributed by atoms with E-state index >= 15 is 0 Å². The summed E-state index contributed by atoms with van der Waals surface area (Å²) in [7, 11) is 0. The van der Waals surface area contributed by atoms with E-state index in [1.807, 2.05) is 0 Å². The van der Waals surface area contributed by atoms with Crippen LogP contribution in [0.5, 0.6) is 0 Å². The molecule has 0 aliphatic heterocycles. The zero-order chi connectivity index (χ0) is 15.6.